The van der Waals surface area contributed by atoms with Crippen molar-refractivity contribution in [3.05, 3.63) is 24.3 Å². The molecule has 0 saturated heterocycles. The van der Waals surface area contributed by atoms with Crippen LogP contribution >= 0.6 is 0 Å². The molecule has 0 saturated carbocycles. The third-order valence-corrected chi connectivity index (χ3v) is 2.33. The van der Waals surface area contributed by atoms with Crippen LogP contribution in [-0.2, 0) is 14.6 Å². The molecule has 10 heteroatoms. The Labute approximate surface area is 94.5 Å². The quantitative estimate of drug-likeness (QED) is 0.804. The number of fused-ring (bicyclic) bond motifs is 1. The zero-order valence-electron chi connectivity index (χ0n) is 8.05. The minimum Gasteiger partial charge on any atom is -0.449 e. The number of rotatable bonds is 3. The summed E-state index contributed by atoms with van der Waals surface area (Å²) >= 11 is 0. The van der Waals surface area contributed by atoms with Crippen molar-refractivity contribution in [1.82, 2.24) is 15.2 Å². The maximum absolute atomic E-state index is 11.0. The van der Waals surface area contributed by atoms with Crippen LogP contribution in [0.25, 0.3) is 11.0 Å². The van der Waals surface area contributed by atoms with Gasteiger partial charge in [-0.25, -0.2) is 9.08 Å². The van der Waals surface area contributed by atoms with Gasteiger partial charge in [0, 0.05) is 0 Å². The molecule has 1 N–H and O–H groups in total. The highest BCUT2D eigenvalue weighted by atomic mass is 32.3. The molecule has 0 spiro atoms. The van der Waals surface area contributed by atoms with Crippen molar-refractivity contribution >= 4 is 27.6 Å². The SMILES string of the molecule is O=C(O)OS(=O)(=O)On1nnc2ccccc21. The van der Waals surface area contributed by atoms with E-state index in [1.807, 2.05) is 0 Å². The smallest absolute Gasteiger partial charge is 0.449 e. The number of carbonyl (C=O) groups is 1. The predicted molar refractivity (Wildman–Crippen MR) is 52.1 cm³/mol. The number of para-hydroxylation sites is 1. The first-order valence-electron chi connectivity index (χ1n) is 4.16. The molecule has 0 aliphatic carbocycles. The number of carboxylic acid groups (broad SMARTS) is 1. The molecule has 0 bridgehead atoms. The Balaban J connectivity index is 2.33. The summed E-state index contributed by atoms with van der Waals surface area (Å²) < 4.78 is 29.9. The Kier molecular flexibility index (Phi) is 2.55. The van der Waals surface area contributed by atoms with Gasteiger partial charge in [0.2, 0.25) is 0 Å². The lowest BCUT2D eigenvalue weighted by Gasteiger charge is -2.02. The van der Waals surface area contributed by atoms with Crippen molar-refractivity contribution in [2.24, 2.45) is 0 Å². The summed E-state index contributed by atoms with van der Waals surface area (Å²) in [7, 11) is -4.73. The largest absolute Gasteiger partial charge is 0.526 e. The summed E-state index contributed by atoms with van der Waals surface area (Å²) in [5.41, 5.74) is 0.642. The molecule has 2 rings (SSSR count). The monoisotopic (exact) mass is 259 g/mol. The van der Waals surface area contributed by atoms with E-state index in [0.717, 1.165) is 0 Å². The van der Waals surface area contributed by atoms with Gasteiger partial charge in [-0.1, -0.05) is 17.0 Å². The fraction of sp³-hybridized carbons (Fsp3) is 0. The van der Waals surface area contributed by atoms with Gasteiger partial charge in [0.25, 0.3) is 0 Å². The predicted octanol–water partition coefficient (Wildman–Crippen LogP) is -0.201. The van der Waals surface area contributed by atoms with Crippen molar-refractivity contribution in [3.8, 4) is 0 Å². The minimum absolute atomic E-state index is 0.255. The molecule has 2 aromatic rings. The highest BCUT2D eigenvalue weighted by molar-refractivity contribution is 7.82. The van der Waals surface area contributed by atoms with Gasteiger partial charge in [-0.3, -0.25) is 4.18 Å². The van der Waals surface area contributed by atoms with Crippen LogP contribution in [0.5, 0.6) is 0 Å². The van der Waals surface area contributed by atoms with Gasteiger partial charge in [0.15, 0.2) is 0 Å². The van der Waals surface area contributed by atoms with E-state index in [4.69, 9.17) is 5.11 Å². The molecule has 0 aliphatic heterocycles. The summed E-state index contributed by atoms with van der Waals surface area (Å²) in [6.45, 7) is 0. The molecule has 90 valence electrons. The first-order chi connectivity index (χ1) is 7.98. The molecular weight excluding hydrogens is 254 g/mol. The van der Waals surface area contributed by atoms with E-state index in [1.54, 1.807) is 18.2 Å². The first kappa shape index (κ1) is 11.1. The third kappa shape index (κ3) is 2.42. The number of benzene rings is 1. The summed E-state index contributed by atoms with van der Waals surface area (Å²) in [5, 5.41) is 15.1. The lowest BCUT2D eigenvalue weighted by Crippen LogP contribution is -2.25. The molecule has 0 fully saturated rings. The summed E-state index contributed by atoms with van der Waals surface area (Å²) in [6.07, 6.45) is -2.01. The van der Waals surface area contributed by atoms with Crippen LogP contribution in [0.1, 0.15) is 0 Å². The average molecular weight is 259 g/mol. The van der Waals surface area contributed by atoms with E-state index < -0.39 is 16.6 Å². The molecule has 0 atom stereocenters. The van der Waals surface area contributed by atoms with E-state index in [-0.39, 0.29) is 5.52 Å². The van der Waals surface area contributed by atoms with E-state index in [9.17, 15) is 13.2 Å². The molecule has 0 aliphatic rings. The molecule has 9 nitrogen and oxygen atoms in total. The van der Waals surface area contributed by atoms with E-state index in [1.165, 1.54) is 6.07 Å². The maximum atomic E-state index is 11.0. The first-order valence-corrected chi connectivity index (χ1v) is 5.49. The van der Waals surface area contributed by atoms with Crippen LogP contribution in [0.4, 0.5) is 4.79 Å². The van der Waals surface area contributed by atoms with Crippen LogP contribution in [0.2, 0.25) is 0 Å². The number of hydrogen-bond acceptors (Lipinski definition) is 7. The fourth-order valence-corrected chi connectivity index (χ4v) is 1.58. The molecule has 17 heavy (non-hydrogen) atoms. The molecule has 1 heterocycles. The zero-order valence-corrected chi connectivity index (χ0v) is 8.86. The molecule has 1 aromatic heterocycles. The Hall–Kier alpha value is -2.36. The molecular formula is C7H5N3O6S. The lowest BCUT2D eigenvalue weighted by atomic mass is 10.3. The summed E-state index contributed by atoms with van der Waals surface area (Å²) in [4.78, 5) is 10.6. The summed E-state index contributed by atoms with van der Waals surface area (Å²) in [6, 6.07) is 6.35. The van der Waals surface area contributed by atoms with Gasteiger partial charge in [0.1, 0.15) is 11.0 Å². The van der Waals surface area contributed by atoms with Gasteiger partial charge in [-0.05, 0) is 17.3 Å². The van der Waals surface area contributed by atoms with Gasteiger partial charge in [-0.2, -0.15) is 0 Å². The van der Waals surface area contributed by atoms with Crippen LogP contribution in [0.15, 0.2) is 24.3 Å². The number of aromatic nitrogens is 3. The van der Waals surface area contributed by atoms with Gasteiger partial charge in [-0.15, -0.1) is 13.5 Å². The highest BCUT2D eigenvalue weighted by Crippen LogP contribution is 2.09. The number of nitrogens with zero attached hydrogens (tertiary/aromatic N) is 3. The molecule has 0 unspecified atom stereocenters. The highest BCUT2D eigenvalue weighted by Gasteiger charge is 2.21. The van der Waals surface area contributed by atoms with Crippen molar-refractivity contribution in [1.29, 1.82) is 0 Å². The topological polar surface area (TPSA) is 121 Å². The van der Waals surface area contributed by atoms with Crippen LogP contribution in [0, 0.1) is 0 Å². The van der Waals surface area contributed by atoms with Crippen LogP contribution < -0.4 is 4.28 Å². The second-order valence-electron chi connectivity index (χ2n) is 2.78. The Morgan fingerprint density at radius 2 is 2.06 bits per heavy atom. The molecule has 1 aromatic carbocycles. The fourth-order valence-electron chi connectivity index (χ4n) is 1.09. The Bertz CT molecular complexity index is 663. The van der Waals surface area contributed by atoms with E-state index in [0.29, 0.717) is 10.4 Å². The lowest BCUT2D eigenvalue weighted by molar-refractivity contribution is 0.129. The second-order valence-corrected chi connectivity index (χ2v) is 3.92. The van der Waals surface area contributed by atoms with Gasteiger partial charge in [0.05, 0.1) is 0 Å². The van der Waals surface area contributed by atoms with Crippen LogP contribution in [-0.4, -0.2) is 34.8 Å². The Morgan fingerprint density at radius 1 is 1.35 bits per heavy atom. The van der Waals surface area contributed by atoms with Crippen LogP contribution in [0.3, 0.4) is 0 Å². The van der Waals surface area contributed by atoms with Crippen molar-refractivity contribution in [2.45, 2.75) is 0 Å². The minimum atomic E-state index is -4.73. The molecule has 0 radical (unpaired) electrons. The summed E-state index contributed by atoms with van der Waals surface area (Å²) in [5.74, 6) is 0. The third-order valence-electron chi connectivity index (χ3n) is 1.66. The number of hydrogen-bond donors (Lipinski definition) is 1. The standard InChI is InChI=1S/C7H5N3O6S/c11-7(12)15-17(13,14)16-10-6-4-2-1-3-5(6)8-9-10/h1-4H,(H,11,12). The molecule has 0 amide bonds. The zero-order chi connectivity index (χ0) is 12.5. The average Bonchev–Trinajstić information content (AvgIpc) is 2.59. The van der Waals surface area contributed by atoms with Crippen molar-refractivity contribution < 1.29 is 26.8 Å². The van der Waals surface area contributed by atoms with E-state index in [2.05, 4.69) is 18.8 Å². The van der Waals surface area contributed by atoms with Crippen molar-refractivity contribution in [3.63, 3.8) is 0 Å². The maximum Gasteiger partial charge on any atom is 0.526 e. The second kappa shape index (κ2) is 3.90. The Morgan fingerprint density at radius 3 is 2.76 bits per heavy atom. The van der Waals surface area contributed by atoms with Crippen molar-refractivity contribution in [2.75, 3.05) is 0 Å². The van der Waals surface area contributed by atoms with Gasteiger partial charge < -0.3 is 5.11 Å². The van der Waals surface area contributed by atoms with E-state index >= 15 is 0 Å². The van der Waals surface area contributed by atoms with Gasteiger partial charge >= 0.3 is 16.6 Å². The normalized spacial score (nSPS) is 11.3.